The van der Waals surface area contributed by atoms with Gasteiger partial charge in [0.25, 0.3) is 0 Å². The first-order chi connectivity index (χ1) is 8.65. The van der Waals surface area contributed by atoms with Crippen LogP contribution < -0.4 is 5.32 Å². The number of hydrogen-bond acceptors (Lipinski definition) is 1. The van der Waals surface area contributed by atoms with Crippen molar-refractivity contribution in [2.45, 2.75) is 33.1 Å². The second kappa shape index (κ2) is 8.28. The molecule has 0 bridgehead atoms. The van der Waals surface area contributed by atoms with Crippen LogP contribution in [-0.2, 0) is 6.42 Å². The normalized spacial score (nSPS) is 11.9. The van der Waals surface area contributed by atoms with E-state index in [-0.39, 0.29) is 5.82 Å². The molecule has 0 saturated carbocycles. The molecule has 18 heavy (non-hydrogen) atoms. The van der Waals surface area contributed by atoms with E-state index in [1.165, 1.54) is 6.07 Å². The van der Waals surface area contributed by atoms with Crippen LogP contribution in [0, 0.1) is 5.82 Å². The zero-order valence-corrected chi connectivity index (χ0v) is 11.9. The molecule has 0 amide bonds. The molecule has 0 atom stereocenters. The molecule has 0 aromatic heterocycles. The Bertz CT molecular complexity index is 381. The number of rotatable bonds is 7. The van der Waals surface area contributed by atoms with Gasteiger partial charge in [0.05, 0.1) is 0 Å². The van der Waals surface area contributed by atoms with E-state index in [0.717, 1.165) is 31.5 Å². The van der Waals surface area contributed by atoms with Gasteiger partial charge in [0, 0.05) is 10.6 Å². The predicted molar refractivity (Wildman–Crippen MR) is 76.6 cm³/mol. The van der Waals surface area contributed by atoms with Gasteiger partial charge in [0.1, 0.15) is 5.82 Å². The third kappa shape index (κ3) is 5.19. The van der Waals surface area contributed by atoms with Gasteiger partial charge in [-0.2, -0.15) is 0 Å². The molecule has 0 fully saturated rings. The summed E-state index contributed by atoms with van der Waals surface area (Å²) in [5.74, 6) is -0.223. The average molecular weight is 270 g/mol. The van der Waals surface area contributed by atoms with Crippen LogP contribution in [0.2, 0.25) is 5.02 Å². The molecule has 0 aliphatic rings. The Labute approximate surface area is 114 Å². The highest BCUT2D eigenvalue weighted by Crippen LogP contribution is 2.21. The summed E-state index contributed by atoms with van der Waals surface area (Å²) in [4.78, 5) is 0. The van der Waals surface area contributed by atoms with Crippen molar-refractivity contribution < 1.29 is 4.39 Å². The molecule has 1 aromatic carbocycles. The standard InChI is InChI=1S/C15H21ClFN/c1-3-9-18-10-5-6-12(2)11-13-14(16)7-4-8-15(13)17/h4,6-8,18H,3,5,9-11H2,1-2H3. The van der Waals surface area contributed by atoms with Crippen molar-refractivity contribution in [2.24, 2.45) is 0 Å². The third-order valence-electron chi connectivity index (χ3n) is 2.76. The van der Waals surface area contributed by atoms with Crippen LogP contribution in [0.15, 0.2) is 29.8 Å². The van der Waals surface area contributed by atoms with E-state index in [2.05, 4.69) is 18.3 Å². The van der Waals surface area contributed by atoms with Gasteiger partial charge in [-0.25, -0.2) is 4.39 Å². The third-order valence-corrected chi connectivity index (χ3v) is 3.11. The highest BCUT2D eigenvalue weighted by atomic mass is 35.5. The summed E-state index contributed by atoms with van der Waals surface area (Å²) in [7, 11) is 0. The van der Waals surface area contributed by atoms with Crippen molar-refractivity contribution in [3.05, 3.63) is 46.3 Å². The Hall–Kier alpha value is -0.860. The van der Waals surface area contributed by atoms with Gasteiger partial charge < -0.3 is 5.32 Å². The Morgan fingerprint density at radius 3 is 2.83 bits per heavy atom. The zero-order valence-electron chi connectivity index (χ0n) is 11.1. The quantitative estimate of drug-likeness (QED) is 0.573. The minimum atomic E-state index is -0.223. The largest absolute Gasteiger partial charge is 0.316 e. The lowest BCUT2D eigenvalue weighted by molar-refractivity contribution is 0.613. The van der Waals surface area contributed by atoms with Gasteiger partial charge >= 0.3 is 0 Å². The Morgan fingerprint density at radius 2 is 2.17 bits per heavy atom. The maximum atomic E-state index is 13.6. The first-order valence-corrected chi connectivity index (χ1v) is 6.82. The summed E-state index contributed by atoms with van der Waals surface area (Å²) in [6.07, 6.45) is 4.84. The van der Waals surface area contributed by atoms with E-state index in [1.807, 2.05) is 6.92 Å². The van der Waals surface area contributed by atoms with E-state index in [4.69, 9.17) is 11.6 Å². The van der Waals surface area contributed by atoms with Gasteiger partial charge in [-0.1, -0.05) is 36.2 Å². The predicted octanol–water partition coefficient (Wildman–Crippen LogP) is 4.36. The van der Waals surface area contributed by atoms with Crippen molar-refractivity contribution in [3.63, 3.8) is 0 Å². The van der Waals surface area contributed by atoms with Crippen LogP contribution in [0.4, 0.5) is 4.39 Å². The number of halogens is 2. The van der Waals surface area contributed by atoms with Crippen molar-refractivity contribution in [1.29, 1.82) is 0 Å². The fourth-order valence-corrected chi connectivity index (χ4v) is 2.00. The van der Waals surface area contributed by atoms with Crippen molar-refractivity contribution >= 4 is 11.6 Å². The lowest BCUT2D eigenvalue weighted by Gasteiger charge is -2.06. The molecule has 0 unspecified atom stereocenters. The maximum Gasteiger partial charge on any atom is 0.128 e. The molecule has 0 radical (unpaired) electrons. The fraction of sp³-hybridized carbons (Fsp3) is 0.467. The van der Waals surface area contributed by atoms with Crippen molar-refractivity contribution in [3.8, 4) is 0 Å². The van der Waals surface area contributed by atoms with Crippen LogP contribution in [0.5, 0.6) is 0 Å². The number of nitrogens with one attached hydrogen (secondary N) is 1. The smallest absolute Gasteiger partial charge is 0.128 e. The van der Waals surface area contributed by atoms with E-state index < -0.39 is 0 Å². The molecule has 1 rings (SSSR count). The van der Waals surface area contributed by atoms with Gasteiger partial charge in [0.15, 0.2) is 0 Å². The van der Waals surface area contributed by atoms with Gasteiger partial charge in [-0.05, 0) is 51.4 Å². The first-order valence-electron chi connectivity index (χ1n) is 6.44. The average Bonchev–Trinajstić information content (AvgIpc) is 2.34. The number of allylic oxidation sites excluding steroid dienone is 1. The molecule has 1 aromatic rings. The van der Waals surface area contributed by atoms with Gasteiger partial charge in [0.2, 0.25) is 0 Å². The van der Waals surface area contributed by atoms with Crippen molar-refractivity contribution in [2.75, 3.05) is 13.1 Å². The molecule has 1 N–H and O–H groups in total. The van der Waals surface area contributed by atoms with Crippen LogP contribution in [0.1, 0.15) is 32.3 Å². The molecule has 100 valence electrons. The van der Waals surface area contributed by atoms with Gasteiger partial charge in [-0.3, -0.25) is 0 Å². The second-order valence-corrected chi connectivity index (χ2v) is 4.87. The van der Waals surface area contributed by atoms with E-state index >= 15 is 0 Å². The molecule has 0 heterocycles. The monoisotopic (exact) mass is 269 g/mol. The Kier molecular flexibility index (Phi) is 6.99. The van der Waals surface area contributed by atoms with E-state index in [0.29, 0.717) is 17.0 Å². The van der Waals surface area contributed by atoms with Crippen LogP contribution in [0.25, 0.3) is 0 Å². The molecule has 3 heteroatoms. The Morgan fingerprint density at radius 1 is 1.39 bits per heavy atom. The molecule has 0 saturated heterocycles. The lowest BCUT2D eigenvalue weighted by atomic mass is 10.0. The minimum absolute atomic E-state index is 0.223. The molecule has 0 spiro atoms. The van der Waals surface area contributed by atoms with Crippen molar-refractivity contribution in [1.82, 2.24) is 5.32 Å². The van der Waals surface area contributed by atoms with E-state index in [1.54, 1.807) is 12.1 Å². The highest BCUT2D eigenvalue weighted by molar-refractivity contribution is 6.31. The van der Waals surface area contributed by atoms with Gasteiger partial charge in [-0.15, -0.1) is 0 Å². The minimum Gasteiger partial charge on any atom is -0.316 e. The van der Waals surface area contributed by atoms with Crippen LogP contribution >= 0.6 is 11.6 Å². The summed E-state index contributed by atoms with van der Waals surface area (Å²) >= 11 is 6.00. The maximum absolute atomic E-state index is 13.6. The highest BCUT2D eigenvalue weighted by Gasteiger charge is 2.06. The number of benzene rings is 1. The fourth-order valence-electron chi connectivity index (χ4n) is 1.77. The van der Waals surface area contributed by atoms with Crippen LogP contribution in [-0.4, -0.2) is 13.1 Å². The van der Waals surface area contributed by atoms with Crippen LogP contribution in [0.3, 0.4) is 0 Å². The topological polar surface area (TPSA) is 12.0 Å². The summed E-state index contributed by atoms with van der Waals surface area (Å²) in [5, 5.41) is 3.84. The molecule has 0 aliphatic carbocycles. The summed E-state index contributed by atoms with van der Waals surface area (Å²) < 4.78 is 13.6. The molecule has 1 nitrogen and oxygen atoms in total. The summed E-state index contributed by atoms with van der Waals surface area (Å²) in [6, 6.07) is 4.82. The lowest BCUT2D eigenvalue weighted by Crippen LogP contribution is -2.15. The van der Waals surface area contributed by atoms with E-state index in [9.17, 15) is 4.39 Å². The first kappa shape index (κ1) is 15.2. The SMILES string of the molecule is CCCNCCC=C(C)Cc1c(F)cccc1Cl. The Balaban J connectivity index is 2.48. The molecular formula is C15H21ClFN. The number of hydrogen-bond donors (Lipinski definition) is 1. The second-order valence-electron chi connectivity index (χ2n) is 4.47. The zero-order chi connectivity index (χ0) is 13.4. The summed E-state index contributed by atoms with van der Waals surface area (Å²) in [5.41, 5.74) is 1.75. The molecular weight excluding hydrogens is 249 g/mol. The molecule has 0 aliphatic heterocycles. The summed E-state index contributed by atoms with van der Waals surface area (Å²) in [6.45, 7) is 6.18.